The normalized spacial score (nSPS) is 13.9. The second-order valence-electron chi connectivity index (χ2n) is 10.9. The molecule has 0 spiro atoms. The molecule has 6 rings (SSSR count). The molecule has 244 valence electrons. The molecule has 1 N–H and O–H groups in total. The predicted octanol–water partition coefficient (Wildman–Crippen LogP) is 8.21. The molecular formula is C35H31ClF3N3O5. The van der Waals surface area contributed by atoms with Crippen LogP contribution in [0.25, 0.3) is 21.7 Å². The van der Waals surface area contributed by atoms with E-state index in [0.717, 1.165) is 56.8 Å². The average molecular weight is 666 g/mol. The highest BCUT2D eigenvalue weighted by molar-refractivity contribution is 6.31. The lowest BCUT2D eigenvalue weighted by Crippen LogP contribution is -2.37. The van der Waals surface area contributed by atoms with Crippen molar-refractivity contribution in [3.8, 4) is 23.0 Å². The molecule has 1 aliphatic heterocycles. The Labute approximate surface area is 273 Å². The molecule has 12 heteroatoms. The molecule has 0 unspecified atom stereocenters. The Morgan fingerprint density at radius 3 is 2.60 bits per heavy atom. The Morgan fingerprint density at radius 2 is 1.81 bits per heavy atom. The van der Waals surface area contributed by atoms with E-state index in [1.54, 1.807) is 49.7 Å². The molecule has 1 saturated heterocycles. The summed E-state index contributed by atoms with van der Waals surface area (Å²) in [5, 5.41) is 4.12. The van der Waals surface area contributed by atoms with Crippen molar-refractivity contribution >= 4 is 44.9 Å². The monoisotopic (exact) mass is 665 g/mol. The first-order chi connectivity index (χ1) is 22.7. The fraction of sp³-hybridized carbons (Fsp3) is 0.257. The van der Waals surface area contributed by atoms with Gasteiger partial charge < -0.3 is 24.3 Å². The number of aromatic nitrogens is 1. The number of morpholine rings is 1. The first kappa shape index (κ1) is 32.4. The van der Waals surface area contributed by atoms with E-state index < -0.39 is 22.7 Å². The number of carbonyl (C=O) groups excluding carboxylic acids is 1. The smallest absolute Gasteiger partial charge is 0.417 e. The van der Waals surface area contributed by atoms with Crippen LogP contribution in [0.1, 0.15) is 22.3 Å². The van der Waals surface area contributed by atoms with Crippen LogP contribution < -0.4 is 19.5 Å². The summed E-state index contributed by atoms with van der Waals surface area (Å²) in [4.78, 5) is 20.0. The number of carbonyl (C=O) groups is 1. The second kappa shape index (κ2) is 14.0. The molecular weight excluding hydrogens is 635 g/mol. The van der Waals surface area contributed by atoms with Gasteiger partial charge in [0.1, 0.15) is 11.5 Å². The number of methoxy groups -OCH3 is 1. The van der Waals surface area contributed by atoms with Crippen molar-refractivity contribution in [2.45, 2.75) is 12.6 Å². The number of anilines is 1. The number of rotatable bonds is 10. The number of amides is 1. The molecule has 1 fully saturated rings. The number of pyridine rings is 1. The molecule has 0 atom stereocenters. The van der Waals surface area contributed by atoms with E-state index in [4.69, 9.17) is 30.5 Å². The minimum Gasteiger partial charge on any atom is -0.493 e. The van der Waals surface area contributed by atoms with Crippen LogP contribution in [0.3, 0.4) is 0 Å². The standard InChI is InChI=1S/C35H31ClF3N3O5/c1-44-32-20-27-30(21-33(32)46-15-3-12-42-13-16-45-17-14-42)40-11-10-31(27)47-24-7-8-25-22(18-24)4-2-5-26(25)34(43)41-23-6-9-29(36)28(19-23)35(37,38)39/h2,4-11,18-21H,3,12-17H2,1H3,(H,41,43). The zero-order valence-corrected chi connectivity index (χ0v) is 26.2. The molecule has 5 aromatic rings. The van der Waals surface area contributed by atoms with Gasteiger partial charge in [-0.3, -0.25) is 14.7 Å². The molecule has 4 aromatic carbocycles. The van der Waals surface area contributed by atoms with Gasteiger partial charge in [-0.2, -0.15) is 13.2 Å². The fourth-order valence-corrected chi connectivity index (χ4v) is 5.68. The highest BCUT2D eigenvalue weighted by Gasteiger charge is 2.33. The van der Waals surface area contributed by atoms with Gasteiger partial charge in [0.15, 0.2) is 11.5 Å². The first-order valence-corrected chi connectivity index (χ1v) is 15.4. The molecule has 47 heavy (non-hydrogen) atoms. The maximum atomic E-state index is 13.3. The molecule has 0 aliphatic carbocycles. The van der Waals surface area contributed by atoms with Crippen molar-refractivity contribution in [2.24, 2.45) is 0 Å². The lowest BCUT2D eigenvalue weighted by molar-refractivity contribution is -0.137. The van der Waals surface area contributed by atoms with E-state index in [0.29, 0.717) is 45.9 Å². The van der Waals surface area contributed by atoms with Crippen molar-refractivity contribution in [1.82, 2.24) is 9.88 Å². The lowest BCUT2D eigenvalue weighted by atomic mass is 10.0. The van der Waals surface area contributed by atoms with Crippen LogP contribution in [-0.4, -0.2) is 62.4 Å². The third kappa shape index (κ3) is 7.54. The third-order valence-corrected chi connectivity index (χ3v) is 8.15. The highest BCUT2D eigenvalue weighted by Crippen LogP contribution is 2.39. The van der Waals surface area contributed by atoms with Gasteiger partial charge in [-0.1, -0.05) is 23.7 Å². The highest BCUT2D eigenvalue weighted by atomic mass is 35.5. The van der Waals surface area contributed by atoms with E-state index in [2.05, 4.69) is 15.2 Å². The van der Waals surface area contributed by atoms with Crippen LogP contribution in [0.4, 0.5) is 18.9 Å². The molecule has 2 heterocycles. The minimum atomic E-state index is -4.65. The molecule has 0 bridgehead atoms. The van der Waals surface area contributed by atoms with Gasteiger partial charge in [0.05, 0.1) is 43.0 Å². The number of ether oxygens (including phenoxy) is 4. The zero-order chi connectivity index (χ0) is 33.0. The predicted molar refractivity (Wildman–Crippen MR) is 174 cm³/mol. The largest absolute Gasteiger partial charge is 0.493 e. The number of hydrogen-bond donors (Lipinski definition) is 1. The summed E-state index contributed by atoms with van der Waals surface area (Å²) in [5.41, 5.74) is -0.0948. The van der Waals surface area contributed by atoms with Gasteiger partial charge in [-0.25, -0.2) is 0 Å². The Balaban J connectivity index is 1.18. The van der Waals surface area contributed by atoms with E-state index in [9.17, 15) is 18.0 Å². The van der Waals surface area contributed by atoms with E-state index in [1.807, 2.05) is 18.2 Å². The van der Waals surface area contributed by atoms with Crippen LogP contribution in [0.15, 0.2) is 79.0 Å². The van der Waals surface area contributed by atoms with Crippen molar-refractivity contribution < 1.29 is 36.9 Å². The Bertz CT molecular complexity index is 1910. The summed E-state index contributed by atoms with van der Waals surface area (Å²) in [6.07, 6.45) is -2.14. The fourth-order valence-electron chi connectivity index (χ4n) is 5.45. The Morgan fingerprint density at radius 1 is 0.979 bits per heavy atom. The SMILES string of the molecule is COc1cc2c(Oc3ccc4c(C(=O)Nc5ccc(Cl)c(C(F)(F)F)c5)cccc4c3)ccnc2cc1OCCCN1CCOCC1. The number of nitrogens with one attached hydrogen (secondary N) is 1. The minimum absolute atomic E-state index is 0.0229. The van der Waals surface area contributed by atoms with E-state index >= 15 is 0 Å². The topological polar surface area (TPSA) is 82.2 Å². The number of nitrogens with zero attached hydrogens (tertiary/aromatic N) is 2. The third-order valence-electron chi connectivity index (χ3n) is 7.82. The number of hydrogen-bond acceptors (Lipinski definition) is 7. The van der Waals surface area contributed by atoms with Gasteiger partial charge >= 0.3 is 6.18 Å². The second-order valence-corrected chi connectivity index (χ2v) is 11.3. The molecule has 1 aliphatic rings. The number of halogens is 4. The lowest BCUT2D eigenvalue weighted by Gasteiger charge is -2.26. The van der Waals surface area contributed by atoms with Crippen LogP contribution >= 0.6 is 11.6 Å². The summed E-state index contributed by atoms with van der Waals surface area (Å²) < 4.78 is 63.4. The maximum absolute atomic E-state index is 13.3. The van der Waals surface area contributed by atoms with Crippen LogP contribution in [-0.2, 0) is 10.9 Å². The molecule has 1 aromatic heterocycles. The van der Waals surface area contributed by atoms with Gasteiger partial charge in [0, 0.05) is 48.5 Å². The van der Waals surface area contributed by atoms with E-state index in [-0.39, 0.29) is 11.3 Å². The summed E-state index contributed by atoms with van der Waals surface area (Å²) >= 11 is 5.72. The summed E-state index contributed by atoms with van der Waals surface area (Å²) in [5.74, 6) is 1.64. The Kier molecular flexibility index (Phi) is 9.67. The summed E-state index contributed by atoms with van der Waals surface area (Å²) in [6.45, 7) is 4.84. The maximum Gasteiger partial charge on any atom is 0.417 e. The first-order valence-electron chi connectivity index (χ1n) is 15.0. The Hall–Kier alpha value is -4.58. The molecule has 1 amide bonds. The van der Waals surface area contributed by atoms with Crippen molar-refractivity contribution in [2.75, 3.05) is 51.9 Å². The number of alkyl halides is 3. The van der Waals surface area contributed by atoms with Crippen molar-refractivity contribution in [1.29, 1.82) is 0 Å². The van der Waals surface area contributed by atoms with Crippen molar-refractivity contribution in [3.63, 3.8) is 0 Å². The average Bonchev–Trinajstić information content (AvgIpc) is 3.07. The number of fused-ring (bicyclic) bond motifs is 2. The quantitative estimate of drug-likeness (QED) is 0.151. The molecule has 0 saturated carbocycles. The number of benzene rings is 4. The summed E-state index contributed by atoms with van der Waals surface area (Å²) in [7, 11) is 1.58. The van der Waals surface area contributed by atoms with Crippen LogP contribution in [0.2, 0.25) is 5.02 Å². The zero-order valence-electron chi connectivity index (χ0n) is 25.4. The molecule has 8 nitrogen and oxygen atoms in total. The molecule has 0 radical (unpaired) electrons. The van der Waals surface area contributed by atoms with Gasteiger partial charge in [0.2, 0.25) is 0 Å². The van der Waals surface area contributed by atoms with Gasteiger partial charge in [-0.15, -0.1) is 0 Å². The van der Waals surface area contributed by atoms with Crippen LogP contribution in [0, 0.1) is 0 Å². The van der Waals surface area contributed by atoms with Gasteiger partial charge in [-0.05, 0) is 71.8 Å². The van der Waals surface area contributed by atoms with Crippen LogP contribution in [0.5, 0.6) is 23.0 Å². The van der Waals surface area contributed by atoms with Crippen molar-refractivity contribution in [3.05, 3.63) is 95.1 Å². The van der Waals surface area contributed by atoms with E-state index in [1.165, 1.54) is 6.07 Å². The summed E-state index contributed by atoms with van der Waals surface area (Å²) in [6, 6.07) is 19.0. The van der Waals surface area contributed by atoms with Gasteiger partial charge in [0.25, 0.3) is 5.91 Å².